The minimum Gasteiger partial charge on any atom is -0.461 e. The molecule has 2 heterocycles. The van der Waals surface area contributed by atoms with Crippen LogP contribution in [0.15, 0.2) is 58.3 Å². The predicted octanol–water partition coefficient (Wildman–Crippen LogP) is 5.04. The first kappa shape index (κ1) is 17.2. The molecule has 1 aromatic heterocycles. The molecule has 3 aromatic rings. The fraction of sp³-hybridized carbons (Fsp3) is 0.200. The first-order chi connectivity index (χ1) is 12.7. The van der Waals surface area contributed by atoms with Gasteiger partial charge >= 0.3 is 5.97 Å². The summed E-state index contributed by atoms with van der Waals surface area (Å²) < 4.78 is 7.17. The molecule has 2 aromatic carbocycles. The number of fused-ring (bicyclic) bond motifs is 3. The average molecular weight is 383 g/mol. The second-order valence-corrected chi connectivity index (χ2v) is 7.63. The van der Waals surface area contributed by atoms with Gasteiger partial charge in [-0.2, -0.15) is 5.10 Å². The topological polar surface area (TPSA) is 44.1 Å². The number of esters is 1. The Morgan fingerprint density at radius 3 is 2.81 bits per heavy atom. The van der Waals surface area contributed by atoms with Crippen LogP contribution in [-0.4, -0.2) is 28.6 Å². The van der Waals surface area contributed by atoms with Crippen LogP contribution in [0, 0.1) is 0 Å². The highest BCUT2D eigenvalue weighted by Gasteiger charge is 2.30. The third-order valence-corrected chi connectivity index (χ3v) is 6.16. The quantitative estimate of drug-likeness (QED) is 0.467. The summed E-state index contributed by atoms with van der Waals surface area (Å²) in [4.78, 5) is 14.8. The lowest BCUT2D eigenvalue weighted by atomic mass is 10.1. The number of nitrogens with zero attached hydrogens (tertiary/aromatic N) is 2. The number of carbonyl (C=O) groups excluding carboxylic acids is 1. The summed E-state index contributed by atoms with van der Waals surface area (Å²) in [5, 5.41) is 4.70. The van der Waals surface area contributed by atoms with Crippen molar-refractivity contribution in [2.24, 2.45) is 0 Å². The van der Waals surface area contributed by atoms with Gasteiger partial charge < -0.3 is 4.74 Å². The van der Waals surface area contributed by atoms with Crippen molar-refractivity contribution >= 4 is 29.5 Å². The molecule has 132 valence electrons. The third kappa shape index (κ3) is 2.83. The van der Waals surface area contributed by atoms with Crippen LogP contribution in [0.1, 0.15) is 23.0 Å². The minimum atomic E-state index is -0.357. The van der Waals surface area contributed by atoms with E-state index in [2.05, 4.69) is 18.2 Å². The van der Waals surface area contributed by atoms with E-state index in [-0.39, 0.29) is 5.97 Å². The number of para-hydroxylation sites is 1. The number of ether oxygens (including phenoxy) is 1. The standard InChI is InChI=1S/C20H18N2O2S2/c1-3-24-20(23)18-14-12-26-16-10-6-4-8-13(16)19(14)22(21-18)15-9-5-7-11-17(15)25-2/h4-11H,3,12H2,1-2H3. The maximum atomic E-state index is 12.5. The molecule has 1 aliphatic heterocycles. The molecule has 0 atom stereocenters. The molecule has 0 N–H and O–H groups in total. The second-order valence-electron chi connectivity index (χ2n) is 5.76. The van der Waals surface area contributed by atoms with Crippen molar-refractivity contribution in [1.29, 1.82) is 0 Å². The molecule has 0 unspecified atom stereocenters. The van der Waals surface area contributed by atoms with Crippen LogP contribution < -0.4 is 0 Å². The molecule has 0 amide bonds. The van der Waals surface area contributed by atoms with Gasteiger partial charge in [0.2, 0.25) is 0 Å². The van der Waals surface area contributed by atoms with Crippen molar-refractivity contribution in [2.75, 3.05) is 12.9 Å². The van der Waals surface area contributed by atoms with E-state index in [1.54, 1.807) is 23.5 Å². The maximum absolute atomic E-state index is 12.5. The van der Waals surface area contributed by atoms with Crippen LogP contribution in [-0.2, 0) is 10.5 Å². The Hall–Kier alpha value is -2.18. The minimum absolute atomic E-state index is 0.339. The zero-order chi connectivity index (χ0) is 18.1. The lowest BCUT2D eigenvalue weighted by Crippen LogP contribution is -2.08. The van der Waals surface area contributed by atoms with E-state index in [0.29, 0.717) is 18.1 Å². The van der Waals surface area contributed by atoms with E-state index in [9.17, 15) is 4.79 Å². The van der Waals surface area contributed by atoms with Crippen molar-refractivity contribution < 1.29 is 9.53 Å². The normalized spacial score (nSPS) is 12.4. The summed E-state index contributed by atoms with van der Waals surface area (Å²) in [6.07, 6.45) is 2.05. The summed E-state index contributed by atoms with van der Waals surface area (Å²) in [6, 6.07) is 16.4. The van der Waals surface area contributed by atoms with Crippen LogP contribution in [0.25, 0.3) is 16.9 Å². The number of benzene rings is 2. The largest absolute Gasteiger partial charge is 0.461 e. The molecule has 0 saturated heterocycles. The Balaban J connectivity index is 2.00. The van der Waals surface area contributed by atoms with Crippen molar-refractivity contribution in [3.8, 4) is 16.9 Å². The fourth-order valence-corrected chi connectivity index (χ4v) is 4.79. The highest BCUT2D eigenvalue weighted by Crippen LogP contribution is 2.44. The van der Waals surface area contributed by atoms with Crippen LogP contribution in [0.4, 0.5) is 0 Å². The molecule has 0 fully saturated rings. The summed E-state index contributed by atoms with van der Waals surface area (Å²) in [5.41, 5.74) is 4.44. The zero-order valence-electron chi connectivity index (χ0n) is 14.6. The van der Waals surface area contributed by atoms with Gasteiger partial charge in [0.25, 0.3) is 0 Å². The van der Waals surface area contributed by atoms with Gasteiger partial charge in [-0.15, -0.1) is 23.5 Å². The molecule has 4 nitrogen and oxygen atoms in total. The first-order valence-corrected chi connectivity index (χ1v) is 10.6. The number of aromatic nitrogens is 2. The SMILES string of the molecule is CCOC(=O)c1nn(-c2ccccc2SC)c2c1CSc1ccccc1-2. The smallest absolute Gasteiger partial charge is 0.359 e. The van der Waals surface area contributed by atoms with E-state index in [0.717, 1.165) is 27.4 Å². The highest BCUT2D eigenvalue weighted by molar-refractivity contribution is 7.99. The third-order valence-electron chi connectivity index (χ3n) is 4.28. The van der Waals surface area contributed by atoms with Crippen molar-refractivity contribution in [2.45, 2.75) is 22.5 Å². The summed E-state index contributed by atoms with van der Waals surface area (Å²) in [6.45, 7) is 2.15. The lowest BCUT2D eigenvalue weighted by Gasteiger charge is -2.19. The fourth-order valence-electron chi connectivity index (χ4n) is 3.14. The number of hydrogen-bond acceptors (Lipinski definition) is 5. The van der Waals surface area contributed by atoms with Gasteiger partial charge in [-0.3, -0.25) is 0 Å². The van der Waals surface area contributed by atoms with Crippen LogP contribution >= 0.6 is 23.5 Å². The van der Waals surface area contributed by atoms with Crippen LogP contribution in [0.5, 0.6) is 0 Å². The van der Waals surface area contributed by atoms with Gasteiger partial charge in [-0.1, -0.05) is 30.3 Å². The van der Waals surface area contributed by atoms with Crippen LogP contribution in [0.3, 0.4) is 0 Å². The summed E-state index contributed by atoms with van der Waals surface area (Å²) >= 11 is 3.40. The molecule has 6 heteroatoms. The Labute approximate surface area is 160 Å². The maximum Gasteiger partial charge on any atom is 0.359 e. The van der Waals surface area contributed by atoms with Gasteiger partial charge in [-0.25, -0.2) is 9.48 Å². The van der Waals surface area contributed by atoms with Gasteiger partial charge in [0.15, 0.2) is 5.69 Å². The number of thioether (sulfide) groups is 2. The average Bonchev–Trinajstić information content (AvgIpc) is 3.08. The van der Waals surface area contributed by atoms with E-state index >= 15 is 0 Å². The molecule has 0 aliphatic carbocycles. The molecule has 1 aliphatic rings. The van der Waals surface area contributed by atoms with Crippen molar-refractivity contribution in [3.63, 3.8) is 0 Å². The Kier molecular flexibility index (Phi) is 4.78. The van der Waals surface area contributed by atoms with Gasteiger partial charge in [0.1, 0.15) is 0 Å². The van der Waals surface area contributed by atoms with Crippen molar-refractivity contribution in [3.05, 3.63) is 59.8 Å². The van der Waals surface area contributed by atoms with E-state index in [4.69, 9.17) is 9.84 Å². The van der Waals surface area contributed by atoms with E-state index < -0.39 is 0 Å². The predicted molar refractivity (Wildman–Crippen MR) is 106 cm³/mol. The first-order valence-electron chi connectivity index (χ1n) is 8.39. The molecule has 0 spiro atoms. The molecule has 0 bridgehead atoms. The van der Waals surface area contributed by atoms with Crippen LogP contribution in [0.2, 0.25) is 0 Å². The van der Waals surface area contributed by atoms with Gasteiger partial charge in [0, 0.05) is 26.7 Å². The summed E-state index contributed by atoms with van der Waals surface area (Å²) in [5.74, 6) is 0.353. The molecule has 26 heavy (non-hydrogen) atoms. The Bertz CT molecular complexity index is 982. The lowest BCUT2D eigenvalue weighted by molar-refractivity contribution is 0.0518. The monoisotopic (exact) mass is 382 g/mol. The van der Waals surface area contributed by atoms with E-state index in [1.807, 2.05) is 48.2 Å². The van der Waals surface area contributed by atoms with Gasteiger partial charge in [0.05, 0.1) is 18.0 Å². The number of hydrogen-bond donors (Lipinski definition) is 0. The number of rotatable bonds is 4. The molecule has 0 saturated carbocycles. The van der Waals surface area contributed by atoms with Crippen molar-refractivity contribution in [1.82, 2.24) is 9.78 Å². The molecular formula is C20H18N2O2S2. The summed E-state index contributed by atoms with van der Waals surface area (Å²) in [7, 11) is 0. The molecule has 0 radical (unpaired) electrons. The second kappa shape index (κ2) is 7.21. The highest BCUT2D eigenvalue weighted by atomic mass is 32.2. The Morgan fingerprint density at radius 2 is 2.00 bits per heavy atom. The molecule has 4 rings (SSSR count). The van der Waals surface area contributed by atoms with E-state index in [1.165, 1.54) is 4.90 Å². The molecular weight excluding hydrogens is 364 g/mol. The van der Waals surface area contributed by atoms with Gasteiger partial charge in [-0.05, 0) is 31.4 Å². The zero-order valence-corrected chi connectivity index (χ0v) is 16.2. The number of carbonyl (C=O) groups is 1. The Morgan fingerprint density at radius 1 is 1.23 bits per heavy atom.